The van der Waals surface area contributed by atoms with Crippen LogP contribution in [0.5, 0.6) is 11.5 Å². The van der Waals surface area contributed by atoms with E-state index >= 15 is 0 Å². The predicted molar refractivity (Wildman–Crippen MR) is 113 cm³/mol. The number of rotatable bonds is 6. The number of anilines is 1. The van der Waals surface area contributed by atoms with E-state index in [0.29, 0.717) is 17.0 Å². The maximum atomic E-state index is 12.4. The van der Waals surface area contributed by atoms with Crippen molar-refractivity contribution >= 4 is 28.6 Å². The molecule has 0 aliphatic carbocycles. The number of nitrogens with zero attached hydrogens (tertiary/aromatic N) is 1. The number of esters is 1. The number of aromatic nitrogens is 2. The molecule has 1 atom stereocenters. The SMILES string of the molecule is CC(OC(=O)c1ccc2nc[nH]c2c1)C(=O)Nc1ccc(Oc2ccccc2)cc1. The molecule has 1 heterocycles. The van der Waals surface area contributed by atoms with Crippen molar-refractivity contribution in [3.63, 3.8) is 0 Å². The van der Waals surface area contributed by atoms with E-state index in [9.17, 15) is 9.59 Å². The van der Waals surface area contributed by atoms with Crippen LogP contribution in [0.15, 0.2) is 79.1 Å². The van der Waals surface area contributed by atoms with E-state index in [-0.39, 0.29) is 0 Å². The van der Waals surface area contributed by atoms with Crippen LogP contribution in [0.1, 0.15) is 17.3 Å². The molecule has 1 aromatic heterocycles. The Hall–Kier alpha value is -4.13. The van der Waals surface area contributed by atoms with Crippen molar-refractivity contribution < 1.29 is 19.1 Å². The van der Waals surface area contributed by atoms with Crippen molar-refractivity contribution in [1.29, 1.82) is 0 Å². The summed E-state index contributed by atoms with van der Waals surface area (Å²) in [5, 5.41) is 2.73. The van der Waals surface area contributed by atoms with Crippen LogP contribution in [0.3, 0.4) is 0 Å². The van der Waals surface area contributed by atoms with Crippen molar-refractivity contribution in [1.82, 2.24) is 9.97 Å². The molecule has 7 heteroatoms. The number of para-hydroxylation sites is 1. The van der Waals surface area contributed by atoms with E-state index in [2.05, 4.69) is 15.3 Å². The van der Waals surface area contributed by atoms with Gasteiger partial charge in [-0.1, -0.05) is 18.2 Å². The van der Waals surface area contributed by atoms with Crippen molar-refractivity contribution in [2.45, 2.75) is 13.0 Å². The Morgan fingerprint density at radius 2 is 1.70 bits per heavy atom. The number of hydrogen-bond acceptors (Lipinski definition) is 5. The molecular weight excluding hydrogens is 382 g/mol. The number of benzene rings is 3. The second-order valence-corrected chi connectivity index (χ2v) is 6.61. The van der Waals surface area contributed by atoms with Gasteiger partial charge in [-0.3, -0.25) is 4.79 Å². The quantitative estimate of drug-likeness (QED) is 0.463. The molecule has 0 aliphatic rings. The highest BCUT2D eigenvalue weighted by Gasteiger charge is 2.19. The van der Waals surface area contributed by atoms with Crippen LogP contribution in [0.4, 0.5) is 5.69 Å². The third kappa shape index (κ3) is 4.47. The Kier molecular flexibility index (Phi) is 5.43. The number of ether oxygens (including phenoxy) is 2. The summed E-state index contributed by atoms with van der Waals surface area (Å²) in [4.78, 5) is 31.8. The maximum absolute atomic E-state index is 12.4. The summed E-state index contributed by atoms with van der Waals surface area (Å²) in [6.07, 6.45) is 0.585. The zero-order valence-corrected chi connectivity index (χ0v) is 16.2. The van der Waals surface area contributed by atoms with E-state index in [4.69, 9.17) is 9.47 Å². The summed E-state index contributed by atoms with van der Waals surface area (Å²) in [5.74, 6) is 0.361. The van der Waals surface area contributed by atoms with Gasteiger partial charge in [0.25, 0.3) is 5.91 Å². The van der Waals surface area contributed by atoms with Crippen LogP contribution < -0.4 is 10.1 Å². The first-order chi connectivity index (χ1) is 14.6. The van der Waals surface area contributed by atoms with E-state index < -0.39 is 18.0 Å². The molecule has 30 heavy (non-hydrogen) atoms. The lowest BCUT2D eigenvalue weighted by Crippen LogP contribution is -2.30. The van der Waals surface area contributed by atoms with Gasteiger partial charge in [-0.2, -0.15) is 0 Å². The third-order valence-electron chi connectivity index (χ3n) is 4.41. The molecular formula is C23H19N3O4. The number of hydrogen-bond donors (Lipinski definition) is 2. The second-order valence-electron chi connectivity index (χ2n) is 6.61. The van der Waals surface area contributed by atoms with Gasteiger partial charge in [0.05, 0.1) is 22.9 Å². The fourth-order valence-corrected chi connectivity index (χ4v) is 2.82. The van der Waals surface area contributed by atoms with E-state index in [1.54, 1.807) is 48.8 Å². The maximum Gasteiger partial charge on any atom is 0.338 e. The first-order valence-electron chi connectivity index (χ1n) is 9.36. The lowest BCUT2D eigenvalue weighted by molar-refractivity contribution is -0.123. The van der Waals surface area contributed by atoms with Crippen LogP contribution in [0, 0.1) is 0 Å². The second kappa shape index (κ2) is 8.48. The van der Waals surface area contributed by atoms with E-state index in [1.165, 1.54) is 6.92 Å². The first-order valence-corrected chi connectivity index (χ1v) is 9.36. The molecule has 4 rings (SSSR count). The van der Waals surface area contributed by atoms with Crippen LogP contribution >= 0.6 is 0 Å². The van der Waals surface area contributed by atoms with E-state index in [0.717, 1.165) is 16.8 Å². The molecule has 150 valence electrons. The molecule has 0 saturated heterocycles. The molecule has 0 saturated carbocycles. The minimum atomic E-state index is -0.963. The molecule has 0 fully saturated rings. The Balaban J connectivity index is 1.34. The molecule has 1 unspecified atom stereocenters. The van der Waals surface area contributed by atoms with Gasteiger partial charge in [-0.25, -0.2) is 9.78 Å². The largest absolute Gasteiger partial charge is 0.457 e. The highest BCUT2D eigenvalue weighted by atomic mass is 16.5. The first kappa shape index (κ1) is 19.2. The summed E-state index contributed by atoms with van der Waals surface area (Å²) in [7, 11) is 0. The average molecular weight is 401 g/mol. The number of amides is 1. The lowest BCUT2D eigenvalue weighted by atomic mass is 10.2. The smallest absolute Gasteiger partial charge is 0.338 e. The van der Waals surface area contributed by atoms with Crippen LogP contribution in [0.25, 0.3) is 11.0 Å². The van der Waals surface area contributed by atoms with Gasteiger partial charge in [0.15, 0.2) is 6.10 Å². The Morgan fingerprint density at radius 3 is 2.47 bits per heavy atom. The highest BCUT2D eigenvalue weighted by molar-refractivity contribution is 5.98. The molecule has 0 radical (unpaired) electrons. The number of carbonyl (C=O) groups excluding carboxylic acids is 2. The molecule has 3 aromatic carbocycles. The summed E-state index contributed by atoms with van der Waals surface area (Å²) in [5.41, 5.74) is 2.38. The number of H-pyrrole nitrogens is 1. The summed E-state index contributed by atoms with van der Waals surface area (Å²) in [6.45, 7) is 1.52. The fourth-order valence-electron chi connectivity index (χ4n) is 2.82. The number of imidazole rings is 1. The van der Waals surface area contributed by atoms with E-state index in [1.807, 2.05) is 30.3 Å². The van der Waals surface area contributed by atoms with Crippen molar-refractivity contribution in [3.05, 3.63) is 84.7 Å². The monoisotopic (exact) mass is 401 g/mol. The number of aromatic amines is 1. The zero-order chi connectivity index (χ0) is 20.9. The average Bonchev–Trinajstić information content (AvgIpc) is 3.23. The Labute approximate surface area is 172 Å². The van der Waals surface area contributed by atoms with Crippen LogP contribution in [-0.4, -0.2) is 27.9 Å². The molecule has 1 amide bonds. The topological polar surface area (TPSA) is 93.3 Å². The summed E-state index contributed by atoms with van der Waals surface area (Å²) in [6, 6.07) is 21.3. The lowest BCUT2D eigenvalue weighted by Gasteiger charge is -2.14. The van der Waals surface area contributed by atoms with Gasteiger partial charge in [-0.05, 0) is 61.5 Å². The third-order valence-corrected chi connectivity index (χ3v) is 4.41. The molecule has 2 N–H and O–H groups in total. The molecule has 7 nitrogen and oxygen atoms in total. The molecule has 0 spiro atoms. The number of fused-ring (bicyclic) bond motifs is 1. The Morgan fingerprint density at radius 1 is 0.967 bits per heavy atom. The highest BCUT2D eigenvalue weighted by Crippen LogP contribution is 2.23. The van der Waals surface area contributed by atoms with Crippen molar-refractivity contribution in [2.24, 2.45) is 0 Å². The van der Waals surface area contributed by atoms with Gasteiger partial charge in [0, 0.05) is 5.69 Å². The van der Waals surface area contributed by atoms with Crippen LogP contribution in [-0.2, 0) is 9.53 Å². The minimum Gasteiger partial charge on any atom is -0.457 e. The Bertz CT molecular complexity index is 1170. The molecule has 4 aromatic rings. The van der Waals surface area contributed by atoms with Gasteiger partial charge in [-0.15, -0.1) is 0 Å². The number of carbonyl (C=O) groups is 2. The molecule has 0 bridgehead atoms. The number of nitrogens with one attached hydrogen (secondary N) is 2. The van der Waals surface area contributed by atoms with Gasteiger partial charge in [0.2, 0.25) is 0 Å². The van der Waals surface area contributed by atoms with Crippen molar-refractivity contribution in [3.8, 4) is 11.5 Å². The minimum absolute atomic E-state index is 0.341. The van der Waals surface area contributed by atoms with Gasteiger partial charge < -0.3 is 19.8 Å². The zero-order valence-electron chi connectivity index (χ0n) is 16.2. The van der Waals surface area contributed by atoms with Gasteiger partial charge in [0.1, 0.15) is 11.5 Å². The summed E-state index contributed by atoms with van der Waals surface area (Å²) < 4.78 is 11.0. The fraction of sp³-hybridized carbons (Fsp3) is 0.0870. The van der Waals surface area contributed by atoms with Crippen LogP contribution in [0.2, 0.25) is 0 Å². The van der Waals surface area contributed by atoms with Gasteiger partial charge >= 0.3 is 5.97 Å². The normalized spacial score (nSPS) is 11.6. The summed E-state index contributed by atoms with van der Waals surface area (Å²) >= 11 is 0. The predicted octanol–water partition coefficient (Wildman–Crippen LogP) is 4.54. The standard InChI is InChI=1S/C23H19N3O4/c1-15(29-23(28)16-7-12-20-21(13-16)25-14-24-20)22(27)26-17-8-10-19(11-9-17)30-18-5-3-2-4-6-18/h2-15H,1H3,(H,24,25)(H,26,27). The molecule has 0 aliphatic heterocycles. The van der Waals surface area contributed by atoms with Crippen molar-refractivity contribution in [2.75, 3.05) is 5.32 Å².